The zero-order valence-corrected chi connectivity index (χ0v) is 12.0. The van der Waals surface area contributed by atoms with Crippen LogP contribution < -0.4 is 9.47 Å². The highest BCUT2D eigenvalue weighted by atomic mass is 16.6. The predicted octanol–water partition coefficient (Wildman–Crippen LogP) is 2.83. The third-order valence-electron chi connectivity index (χ3n) is 2.92. The number of non-ortho nitro benzene ring substituents is 1. The summed E-state index contributed by atoms with van der Waals surface area (Å²) in [4.78, 5) is 14.4. The molecule has 0 amide bonds. The third kappa shape index (κ3) is 3.12. The SMILES string of the molecule is COc1ccc([N+](=O)[O-])cc1OCc1nc(-c2ccco2)no1. The second-order valence-corrected chi connectivity index (χ2v) is 4.37. The van der Waals surface area contributed by atoms with Crippen LogP contribution in [0.4, 0.5) is 5.69 Å². The molecular weight excluding hydrogens is 306 g/mol. The number of nitrogens with zero attached hydrogens (tertiary/aromatic N) is 3. The molecule has 9 nitrogen and oxygen atoms in total. The van der Waals surface area contributed by atoms with Crippen molar-refractivity contribution in [2.75, 3.05) is 7.11 Å². The average molecular weight is 317 g/mol. The molecule has 2 aromatic heterocycles. The fraction of sp³-hybridized carbons (Fsp3) is 0.143. The van der Waals surface area contributed by atoms with Gasteiger partial charge in [0.15, 0.2) is 23.9 Å². The zero-order valence-electron chi connectivity index (χ0n) is 12.0. The molecule has 0 fully saturated rings. The Morgan fingerprint density at radius 2 is 2.17 bits per heavy atom. The number of furan rings is 1. The van der Waals surface area contributed by atoms with Crippen LogP contribution >= 0.6 is 0 Å². The smallest absolute Gasteiger partial charge is 0.273 e. The van der Waals surface area contributed by atoms with Gasteiger partial charge in [0.05, 0.1) is 24.4 Å². The van der Waals surface area contributed by atoms with E-state index < -0.39 is 4.92 Å². The summed E-state index contributed by atoms with van der Waals surface area (Å²) in [6.07, 6.45) is 1.50. The molecule has 3 aromatic rings. The van der Waals surface area contributed by atoms with Gasteiger partial charge in [0.25, 0.3) is 11.6 Å². The maximum Gasteiger partial charge on any atom is 0.273 e. The van der Waals surface area contributed by atoms with E-state index in [2.05, 4.69) is 10.1 Å². The number of ether oxygens (including phenoxy) is 2. The van der Waals surface area contributed by atoms with Crippen LogP contribution in [0.15, 0.2) is 45.5 Å². The Hall–Kier alpha value is -3.36. The highest BCUT2D eigenvalue weighted by molar-refractivity contribution is 5.48. The van der Waals surface area contributed by atoms with Gasteiger partial charge in [-0.05, 0) is 18.2 Å². The van der Waals surface area contributed by atoms with Crippen LogP contribution in [0.3, 0.4) is 0 Å². The van der Waals surface area contributed by atoms with E-state index in [0.29, 0.717) is 17.3 Å². The molecular formula is C14H11N3O6. The van der Waals surface area contributed by atoms with Crippen molar-refractivity contribution in [2.24, 2.45) is 0 Å². The van der Waals surface area contributed by atoms with Crippen molar-refractivity contribution < 1.29 is 23.3 Å². The summed E-state index contributed by atoms with van der Waals surface area (Å²) in [5.41, 5.74) is -0.109. The second-order valence-electron chi connectivity index (χ2n) is 4.37. The first-order valence-corrected chi connectivity index (χ1v) is 6.49. The first kappa shape index (κ1) is 14.6. The lowest BCUT2D eigenvalue weighted by atomic mass is 10.3. The van der Waals surface area contributed by atoms with Crippen molar-refractivity contribution in [3.05, 3.63) is 52.6 Å². The summed E-state index contributed by atoms with van der Waals surface area (Å²) >= 11 is 0. The lowest BCUT2D eigenvalue weighted by Crippen LogP contribution is -1.99. The summed E-state index contributed by atoms with van der Waals surface area (Å²) in [5.74, 6) is 1.53. The molecule has 1 aromatic carbocycles. The quantitative estimate of drug-likeness (QED) is 0.503. The van der Waals surface area contributed by atoms with Gasteiger partial charge in [0.1, 0.15) is 0 Å². The fourth-order valence-corrected chi connectivity index (χ4v) is 1.85. The molecule has 9 heteroatoms. The van der Waals surface area contributed by atoms with E-state index in [-0.39, 0.29) is 23.9 Å². The first-order valence-electron chi connectivity index (χ1n) is 6.49. The number of nitro groups is 1. The molecule has 23 heavy (non-hydrogen) atoms. The first-order chi connectivity index (χ1) is 11.2. The maximum absolute atomic E-state index is 10.8. The predicted molar refractivity (Wildman–Crippen MR) is 76.0 cm³/mol. The molecule has 0 saturated heterocycles. The minimum absolute atomic E-state index is 0.0642. The van der Waals surface area contributed by atoms with Gasteiger partial charge in [-0.15, -0.1) is 0 Å². The second kappa shape index (κ2) is 6.18. The summed E-state index contributed by atoms with van der Waals surface area (Å²) < 4.78 is 20.8. The van der Waals surface area contributed by atoms with Crippen molar-refractivity contribution in [3.8, 4) is 23.1 Å². The summed E-state index contributed by atoms with van der Waals surface area (Å²) in [6, 6.07) is 7.44. The number of methoxy groups -OCH3 is 1. The van der Waals surface area contributed by atoms with Gasteiger partial charge < -0.3 is 18.4 Å². The number of rotatable bonds is 6. The zero-order chi connectivity index (χ0) is 16.2. The van der Waals surface area contributed by atoms with Crippen LogP contribution in [0.2, 0.25) is 0 Å². The van der Waals surface area contributed by atoms with Gasteiger partial charge in [-0.2, -0.15) is 4.98 Å². The van der Waals surface area contributed by atoms with Crippen LogP contribution in [0.1, 0.15) is 5.89 Å². The van der Waals surface area contributed by atoms with Gasteiger partial charge in [-0.1, -0.05) is 5.16 Å². The van der Waals surface area contributed by atoms with E-state index in [9.17, 15) is 10.1 Å². The Bertz CT molecular complexity index is 812. The van der Waals surface area contributed by atoms with E-state index in [4.69, 9.17) is 18.4 Å². The largest absolute Gasteiger partial charge is 0.493 e. The van der Waals surface area contributed by atoms with Crippen LogP contribution in [0, 0.1) is 10.1 Å². The molecule has 0 bridgehead atoms. The van der Waals surface area contributed by atoms with Crippen LogP contribution in [-0.2, 0) is 6.61 Å². The van der Waals surface area contributed by atoms with E-state index >= 15 is 0 Å². The van der Waals surface area contributed by atoms with Crippen LogP contribution in [0.5, 0.6) is 11.5 Å². The highest BCUT2D eigenvalue weighted by Crippen LogP contribution is 2.31. The van der Waals surface area contributed by atoms with E-state index in [0.717, 1.165) is 0 Å². The number of nitro benzene ring substituents is 1. The molecule has 2 heterocycles. The molecule has 0 N–H and O–H groups in total. The number of hydrogen-bond donors (Lipinski definition) is 0. The maximum atomic E-state index is 10.8. The van der Waals surface area contributed by atoms with E-state index in [1.807, 2.05) is 0 Å². The van der Waals surface area contributed by atoms with Crippen LogP contribution in [-0.4, -0.2) is 22.2 Å². The molecule has 0 aliphatic carbocycles. The molecule has 0 aliphatic rings. The van der Waals surface area contributed by atoms with Crippen molar-refractivity contribution >= 4 is 5.69 Å². The standard InChI is InChI=1S/C14H11N3O6/c1-20-10-5-4-9(17(18)19)7-12(10)22-8-13-15-14(16-23-13)11-3-2-6-21-11/h2-7H,8H2,1H3. The number of aromatic nitrogens is 2. The molecule has 0 unspecified atom stereocenters. The van der Waals surface area contributed by atoms with E-state index in [1.54, 1.807) is 12.1 Å². The lowest BCUT2D eigenvalue weighted by Gasteiger charge is -2.08. The normalized spacial score (nSPS) is 10.5. The lowest BCUT2D eigenvalue weighted by molar-refractivity contribution is -0.385. The topological polar surface area (TPSA) is 114 Å². The molecule has 0 radical (unpaired) electrons. The Kier molecular flexibility index (Phi) is 3.91. The van der Waals surface area contributed by atoms with Crippen molar-refractivity contribution in [2.45, 2.75) is 6.61 Å². The van der Waals surface area contributed by atoms with Crippen LogP contribution in [0.25, 0.3) is 11.6 Å². The highest BCUT2D eigenvalue weighted by Gasteiger charge is 2.15. The monoisotopic (exact) mass is 317 g/mol. The molecule has 0 atom stereocenters. The minimum atomic E-state index is -0.520. The Balaban J connectivity index is 1.75. The molecule has 0 aliphatic heterocycles. The molecule has 0 saturated carbocycles. The Morgan fingerprint density at radius 1 is 1.30 bits per heavy atom. The van der Waals surface area contributed by atoms with Crippen molar-refractivity contribution in [3.63, 3.8) is 0 Å². The summed E-state index contributed by atoms with van der Waals surface area (Å²) in [7, 11) is 1.44. The average Bonchev–Trinajstić information content (AvgIpc) is 3.23. The summed E-state index contributed by atoms with van der Waals surface area (Å²) in [6.45, 7) is -0.0642. The van der Waals surface area contributed by atoms with E-state index in [1.165, 1.54) is 31.6 Å². The number of benzene rings is 1. The molecule has 0 spiro atoms. The number of hydrogen-bond acceptors (Lipinski definition) is 8. The van der Waals surface area contributed by atoms with Gasteiger partial charge in [-0.3, -0.25) is 10.1 Å². The van der Waals surface area contributed by atoms with Gasteiger partial charge in [0.2, 0.25) is 5.82 Å². The Labute approximate surface area is 129 Å². The van der Waals surface area contributed by atoms with Crippen molar-refractivity contribution in [1.29, 1.82) is 0 Å². The fourth-order valence-electron chi connectivity index (χ4n) is 1.85. The summed E-state index contributed by atoms with van der Waals surface area (Å²) in [5, 5.41) is 14.6. The molecule has 118 valence electrons. The van der Waals surface area contributed by atoms with Gasteiger partial charge in [0, 0.05) is 6.07 Å². The Morgan fingerprint density at radius 3 is 2.87 bits per heavy atom. The minimum Gasteiger partial charge on any atom is -0.493 e. The van der Waals surface area contributed by atoms with Gasteiger partial charge >= 0.3 is 0 Å². The van der Waals surface area contributed by atoms with Gasteiger partial charge in [-0.25, -0.2) is 0 Å². The van der Waals surface area contributed by atoms with Crippen molar-refractivity contribution in [1.82, 2.24) is 10.1 Å². The molecule has 3 rings (SSSR count). The third-order valence-corrected chi connectivity index (χ3v) is 2.92.